The third kappa shape index (κ3) is 132. The van der Waals surface area contributed by atoms with Crippen molar-refractivity contribution in [2.75, 3.05) is 0 Å². The number of hydrogen-bond donors (Lipinski definition) is 2. The molecular formula is CH3AuCl4KO3. The van der Waals surface area contributed by atoms with Crippen LogP contribution < -0.4 is 0 Å². The van der Waals surface area contributed by atoms with Crippen LogP contribution in [0.4, 0.5) is 4.79 Å². The standard InChI is InChI=1S/CH2O3.Au.4ClH.K.H/c2-1(3)4;;;;;;;/h(H2,2,3,4);;4*1H;;/q;+4;;;;;;/p-4. The number of halogens is 4. The van der Waals surface area contributed by atoms with Gasteiger partial charge in [0, 0.05) is 0 Å². The summed E-state index contributed by atoms with van der Waals surface area (Å²) in [6.45, 7) is 0. The molecule has 0 aromatic carbocycles. The fourth-order valence-electron chi connectivity index (χ4n) is 0. The Kier molecular flexibility index (Phi) is 18.4. The van der Waals surface area contributed by atoms with Crippen LogP contribution in [0, 0.1) is 0 Å². The van der Waals surface area contributed by atoms with E-state index in [0.29, 0.717) is 0 Å². The maximum atomic E-state index is 8.56. The van der Waals surface area contributed by atoms with Crippen LogP contribution in [0.25, 0.3) is 0 Å². The maximum absolute atomic E-state index is 8.56. The van der Waals surface area contributed by atoms with Crippen molar-refractivity contribution in [2.45, 2.75) is 0 Å². The Hall–Kier alpha value is 2.81. The van der Waals surface area contributed by atoms with Crippen molar-refractivity contribution < 1.29 is 27.8 Å². The summed E-state index contributed by atoms with van der Waals surface area (Å²) in [5.41, 5.74) is 0. The van der Waals surface area contributed by atoms with E-state index in [1.807, 2.05) is 0 Å². The van der Waals surface area contributed by atoms with E-state index in [1.165, 1.54) is 0 Å². The van der Waals surface area contributed by atoms with E-state index in [1.54, 1.807) is 0 Å². The second-order valence-electron chi connectivity index (χ2n) is 0.541. The van der Waals surface area contributed by atoms with Crippen LogP contribution in [0.1, 0.15) is 0 Å². The van der Waals surface area contributed by atoms with E-state index in [-0.39, 0.29) is 51.4 Å². The molecule has 2 N–H and O–H groups in total. The molecule has 0 radical (unpaired) electrons. The zero-order valence-electron chi connectivity index (χ0n) is 3.62. The molecule has 3 nitrogen and oxygen atoms in total. The zero-order valence-corrected chi connectivity index (χ0v) is 8.81. The van der Waals surface area contributed by atoms with Gasteiger partial charge in [0.25, 0.3) is 0 Å². The van der Waals surface area contributed by atoms with Crippen molar-refractivity contribution in [1.82, 2.24) is 0 Å². The van der Waals surface area contributed by atoms with Crippen LogP contribution in [0.5, 0.6) is 0 Å². The second-order valence-corrected chi connectivity index (χ2v) is 19.3. The van der Waals surface area contributed by atoms with Crippen LogP contribution >= 0.6 is 36.8 Å². The van der Waals surface area contributed by atoms with Gasteiger partial charge in [0.15, 0.2) is 0 Å². The summed E-state index contributed by atoms with van der Waals surface area (Å²) in [6, 6.07) is 0. The molecule has 65 valence electrons. The molecular weight excluding hydrogens is 438 g/mol. The van der Waals surface area contributed by atoms with Crippen molar-refractivity contribution in [3.8, 4) is 0 Å². The zero-order chi connectivity index (χ0) is 8.08. The van der Waals surface area contributed by atoms with Gasteiger partial charge in [0.1, 0.15) is 0 Å². The molecule has 0 aliphatic carbocycles. The average molecular weight is 441 g/mol. The van der Waals surface area contributed by atoms with Gasteiger partial charge in [-0.2, -0.15) is 0 Å². The fourth-order valence-corrected chi connectivity index (χ4v) is 0. The molecule has 0 atom stereocenters. The average Bonchev–Trinajstić information content (AvgIpc) is 1.19. The van der Waals surface area contributed by atoms with Gasteiger partial charge in [-0.3, -0.25) is 0 Å². The van der Waals surface area contributed by atoms with Gasteiger partial charge in [-0.15, -0.1) is 0 Å². The van der Waals surface area contributed by atoms with E-state index in [4.69, 9.17) is 51.8 Å². The molecule has 9 heteroatoms. The first-order valence-electron chi connectivity index (χ1n) is 1.11. The Balaban J connectivity index is -0.0000000910. The SMILES string of the molecule is O=C(O)O.[Cl][Au]([Cl])([Cl])[Cl].[KH]. The van der Waals surface area contributed by atoms with Crippen molar-refractivity contribution in [1.29, 1.82) is 0 Å². The first-order chi connectivity index (χ1) is 3.73. The van der Waals surface area contributed by atoms with Gasteiger partial charge >= 0.3 is 107 Å². The molecule has 0 bridgehead atoms. The third-order valence-electron chi connectivity index (χ3n) is 0. The Morgan fingerprint density at radius 3 is 1.10 bits per heavy atom. The summed E-state index contributed by atoms with van der Waals surface area (Å²) in [6.07, 6.45) is -1.83. The third-order valence-corrected chi connectivity index (χ3v) is 0. The molecule has 0 spiro atoms. The van der Waals surface area contributed by atoms with E-state index in [0.717, 1.165) is 0 Å². The van der Waals surface area contributed by atoms with Crippen LogP contribution in [-0.4, -0.2) is 67.8 Å². The van der Waals surface area contributed by atoms with Crippen molar-refractivity contribution in [3.63, 3.8) is 0 Å². The van der Waals surface area contributed by atoms with Gasteiger partial charge in [-0.25, -0.2) is 4.79 Å². The van der Waals surface area contributed by atoms with Crippen LogP contribution in [0.3, 0.4) is 0 Å². The summed E-state index contributed by atoms with van der Waals surface area (Å²) in [7, 11) is 20.0. The van der Waals surface area contributed by atoms with E-state index in [9.17, 15) is 0 Å². The summed E-state index contributed by atoms with van der Waals surface area (Å²) in [5, 5.41) is 13.9. The fraction of sp³-hybridized carbons (Fsp3) is 0. The first kappa shape index (κ1) is 18.6. The molecule has 0 saturated heterocycles. The van der Waals surface area contributed by atoms with Gasteiger partial charge in [0.05, 0.1) is 0 Å². The molecule has 0 fully saturated rings. The topological polar surface area (TPSA) is 57.5 Å². The van der Waals surface area contributed by atoms with Gasteiger partial charge in [0.2, 0.25) is 0 Å². The molecule has 0 aliphatic rings. The van der Waals surface area contributed by atoms with Crippen LogP contribution in [-0.2, 0) is 12.8 Å². The summed E-state index contributed by atoms with van der Waals surface area (Å²) in [5.74, 6) is 0. The molecule has 0 aromatic heterocycles. The molecule has 0 amide bonds. The molecule has 0 aromatic rings. The number of carbonyl (C=O) groups is 1. The van der Waals surface area contributed by atoms with Crippen molar-refractivity contribution in [2.24, 2.45) is 0 Å². The van der Waals surface area contributed by atoms with Gasteiger partial charge in [-0.05, 0) is 0 Å². The molecule has 0 unspecified atom stereocenters. The van der Waals surface area contributed by atoms with Crippen LogP contribution in [0.2, 0.25) is 0 Å². The Morgan fingerprint density at radius 1 is 1.10 bits per heavy atom. The monoisotopic (exact) mass is 439 g/mol. The first-order valence-corrected chi connectivity index (χ1v) is 11.8. The molecule has 0 aliphatic heterocycles. The summed E-state index contributed by atoms with van der Waals surface area (Å²) in [4.78, 5) is 8.56. The Bertz CT molecular complexity index is 83.0. The summed E-state index contributed by atoms with van der Waals surface area (Å²) >= 11 is -3.00. The summed E-state index contributed by atoms with van der Waals surface area (Å²) < 4.78 is 0. The molecule has 0 rings (SSSR count). The van der Waals surface area contributed by atoms with Gasteiger partial charge in [-0.1, -0.05) is 0 Å². The predicted octanol–water partition coefficient (Wildman–Crippen LogP) is 2.33. The van der Waals surface area contributed by atoms with E-state index >= 15 is 0 Å². The molecule has 0 heterocycles. The van der Waals surface area contributed by atoms with E-state index in [2.05, 4.69) is 0 Å². The quantitative estimate of drug-likeness (QED) is 0.568. The molecule has 10 heavy (non-hydrogen) atoms. The van der Waals surface area contributed by atoms with E-state index < -0.39 is 19.0 Å². The van der Waals surface area contributed by atoms with Crippen LogP contribution in [0.15, 0.2) is 0 Å². The number of rotatable bonds is 0. The predicted molar refractivity (Wildman–Crippen MR) is 41.2 cm³/mol. The van der Waals surface area contributed by atoms with Gasteiger partial charge < -0.3 is 10.2 Å². The normalized spacial score (nSPS) is 10.0. The second kappa shape index (κ2) is 9.89. The number of carboxylic acid groups (broad SMARTS) is 2. The van der Waals surface area contributed by atoms with Crippen molar-refractivity contribution in [3.05, 3.63) is 0 Å². The minimum absolute atomic E-state index is 0. The minimum atomic E-state index is -3.00. The molecule has 0 saturated carbocycles. The number of hydrogen-bond acceptors (Lipinski definition) is 1. The Labute approximate surface area is 119 Å². The Morgan fingerprint density at radius 2 is 1.10 bits per heavy atom. The van der Waals surface area contributed by atoms with Crippen molar-refractivity contribution >= 4 is 94.3 Å².